The van der Waals surface area contributed by atoms with Crippen LogP contribution in [0.5, 0.6) is 0 Å². The zero-order valence-electron chi connectivity index (χ0n) is 14.5. The van der Waals surface area contributed by atoms with Gasteiger partial charge in [0.1, 0.15) is 0 Å². The van der Waals surface area contributed by atoms with E-state index in [4.69, 9.17) is 11.6 Å². The van der Waals surface area contributed by atoms with Crippen LogP contribution >= 0.6 is 22.9 Å². The highest BCUT2D eigenvalue weighted by Gasteiger charge is 2.24. The monoisotopic (exact) mass is 369 g/mol. The highest BCUT2D eigenvalue weighted by atomic mass is 35.5. The number of hydrogen-bond acceptors (Lipinski definition) is 4. The average Bonchev–Trinajstić information content (AvgIpc) is 2.96. The van der Waals surface area contributed by atoms with Crippen molar-refractivity contribution in [1.29, 1.82) is 0 Å². The molecule has 2 atom stereocenters. The Hall–Kier alpha value is -0.620. The Morgan fingerprint density at radius 2 is 1.92 bits per heavy atom. The van der Waals surface area contributed by atoms with Crippen LogP contribution in [0, 0.1) is 5.92 Å². The summed E-state index contributed by atoms with van der Waals surface area (Å²) in [5, 5.41) is 3.26. The van der Waals surface area contributed by atoms with Crippen LogP contribution in [0.15, 0.2) is 12.1 Å². The van der Waals surface area contributed by atoms with Crippen LogP contribution in [0.2, 0.25) is 4.34 Å². The second-order valence-corrected chi connectivity index (χ2v) is 8.99. The molecule has 2 heterocycles. The number of amides is 1. The van der Waals surface area contributed by atoms with Gasteiger partial charge in [-0.3, -0.25) is 14.6 Å². The van der Waals surface area contributed by atoms with Crippen LogP contribution in [-0.2, 0) is 11.3 Å². The molecule has 1 aromatic heterocycles. The number of hydrogen-bond donors (Lipinski definition) is 1. The summed E-state index contributed by atoms with van der Waals surface area (Å²) in [6.07, 6.45) is 4.95. The number of thiophene rings is 1. The van der Waals surface area contributed by atoms with Gasteiger partial charge in [0, 0.05) is 43.6 Å². The van der Waals surface area contributed by atoms with Crippen molar-refractivity contribution in [3.63, 3.8) is 0 Å². The van der Waals surface area contributed by atoms with E-state index in [1.807, 2.05) is 6.07 Å². The standard InChI is InChI=1S/C18H28ClN3OS/c1-14-4-2-3-5-16(14)20-18(23)13-22-10-8-21(9-11-22)12-15-6-7-17(19)24-15/h6-7,14,16H,2-5,8-13H2,1H3,(H,20,23)/t14-,16+/m1/s1. The maximum atomic E-state index is 12.3. The summed E-state index contributed by atoms with van der Waals surface area (Å²) >= 11 is 7.65. The number of rotatable bonds is 5. The van der Waals surface area contributed by atoms with E-state index in [0.717, 1.165) is 43.5 Å². The smallest absolute Gasteiger partial charge is 0.234 e. The summed E-state index contributed by atoms with van der Waals surface area (Å²) in [7, 11) is 0. The van der Waals surface area contributed by atoms with Gasteiger partial charge in [-0.05, 0) is 30.9 Å². The molecule has 24 heavy (non-hydrogen) atoms. The third kappa shape index (κ3) is 5.19. The molecule has 1 aliphatic carbocycles. The molecule has 0 radical (unpaired) electrons. The Kier molecular flexibility index (Phi) is 6.56. The summed E-state index contributed by atoms with van der Waals surface area (Å²) in [5.41, 5.74) is 0. The molecule has 1 saturated heterocycles. The van der Waals surface area contributed by atoms with Gasteiger partial charge in [0.25, 0.3) is 0 Å². The molecule has 0 bridgehead atoms. The van der Waals surface area contributed by atoms with Crippen LogP contribution in [-0.4, -0.2) is 54.5 Å². The number of carbonyl (C=O) groups is 1. The maximum absolute atomic E-state index is 12.3. The molecule has 0 spiro atoms. The molecule has 134 valence electrons. The molecule has 0 aromatic carbocycles. The van der Waals surface area contributed by atoms with Crippen LogP contribution in [0.3, 0.4) is 0 Å². The molecule has 1 N–H and O–H groups in total. The Labute approximate surface area is 154 Å². The number of nitrogens with one attached hydrogen (secondary N) is 1. The zero-order chi connectivity index (χ0) is 16.9. The molecule has 1 aromatic rings. The van der Waals surface area contributed by atoms with Crippen LogP contribution in [0.4, 0.5) is 0 Å². The minimum Gasteiger partial charge on any atom is -0.352 e. The maximum Gasteiger partial charge on any atom is 0.234 e. The van der Waals surface area contributed by atoms with E-state index in [9.17, 15) is 4.79 Å². The van der Waals surface area contributed by atoms with E-state index in [2.05, 4.69) is 28.1 Å². The first-order chi connectivity index (χ1) is 11.6. The number of piperazine rings is 1. The van der Waals surface area contributed by atoms with Crippen molar-refractivity contribution in [2.45, 2.75) is 45.2 Å². The van der Waals surface area contributed by atoms with E-state index in [1.165, 1.54) is 24.1 Å². The fourth-order valence-electron chi connectivity index (χ4n) is 3.75. The third-order valence-electron chi connectivity index (χ3n) is 5.30. The SMILES string of the molecule is C[C@@H]1CCCC[C@@H]1NC(=O)CN1CCN(Cc2ccc(Cl)s2)CC1. The van der Waals surface area contributed by atoms with Gasteiger partial charge in [-0.25, -0.2) is 0 Å². The van der Waals surface area contributed by atoms with Crippen molar-refractivity contribution in [2.24, 2.45) is 5.92 Å². The van der Waals surface area contributed by atoms with E-state index in [-0.39, 0.29) is 5.91 Å². The van der Waals surface area contributed by atoms with Gasteiger partial charge in [-0.15, -0.1) is 11.3 Å². The first-order valence-corrected chi connectivity index (χ1v) is 10.3. The minimum atomic E-state index is 0.201. The van der Waals surface area contributed by atoms with Crippen molar-refractivity contribution in [3.05, 3.63) is 21.3 Å². The lowest BCUT2D eigenvalue weighted by Crippen LogP contribution is -2.51. The molecular weight excluding hydrogens is 342 g/mol. The van der Waals surface area contributed by atoms with Gasteiger partial charge in [0.15, 0.2) is 0 Å². The lowest BCUT2D eigenvalue weighted by molar-refractivity contribution is -0.124. The summed E-state index contributed by atoms with van der Waals surface area (Å²) in [6, 6.07) is 4.46. The predicted octanol–water partition coefficient (Wildman–Crippen LogP) is 3.21. The summed E-state index contributed by atoms with van der Waals surface area (Å²) in [6.45, 7) is 7.74. The Morgan fingerprint density at radius 3 is 2.58 bits per heavy atom. The van der Waals surface area contributed by atoms with Gasteiger partial charge < -0.3 is 5.32 Å². The lowest BCUT2D eigenvalue weighted by atomic mass is 9.86. The second-order valence-electron chi connectivity index (χ2n) is 7.19. The van der Waals surface area contributed by atoms with Crippen molar-refractivity contribution in [2.75, 3.05) is 32.7 Å². The van der Waals surface area contributed by atoms with Gasteiger partial charge in [0.2, 0.25) is 5.91 Å². The van der Waals surface area contributed by atoms with E-state index >= 15 is 0 Å². The molecule has 2 aliphatic rings. The number of halogens is 1. The van der Waals surface area contributed by atoms with E-state index < -0.39 is 0 Å². The Morgan fingerprint density at radius 1 is 1.21 bits per heavy atom. The third-order valence-corrected chi connectivity index (χ3v) is 6.51. The van der Waals surface area contributed by atoms with Crippen LogP contribution in [0.1, 0.15) is 37.5 Å². The van der Waals surface area contributed by atoms with Crippen LogP contribution in [0.25, 0.3) is 0 Å². The largest absolute Gasteiger partial charge is 0.352 e. The number of nitrogens with zero attached hydrogens (tertiary/aromatic N) is 2. The topological polar surface area (TPSA) is 35.6 Å². The van der Waals surface area contributed by atoms with Crippen molar-refractivity contribution in [3.8, 4) is 0 Å². The van der Waals surface area contributed by atoms with Crippen molar-refractivity contribution < 1.29 is 4.79 Å². The van der Waals surface area contributed by atoms with Crippen molar-refractivity contribution in [1.82, 2.24) is 15.1 Å². The summed E-state index contributed by atoms with van der Waals surface area (Å²) < 4.78 is 0.859. The first kappa shape index (κ1) is 18.2. The second kappa shape index (κ2) is 8.65. The Balaban J connectivity index is 1.37. The van der Waals surface area contributed by atoms with Crippen LogP contribution < -0.4 is 5.32 Å². The molecule has 1 aliphatic heterocycles. The highest BCUT2D eigenvalue weighted by molar-refractivity contribution is 7.16. The lowest BCUT2D eigenvalue weighted by Gasteiger charge is -2.35. The van der Waals surface area contributed by atoms with E-state index in [1.54, 1.807) is 11.3 Å². The Bertz CT molecular complexity index is 542. The molecule has 0 unspecified atom stereocenters. The zero-order valence-corrected chi connectivity index (χ0v) is 16.0. The van der Waals surface area contributed by atoms with Crippen molar-refractivity contribution >= 4 is 28.8 Å². The molecule has 6 heteroatoms. The fraction of sp³-hybridized carbons (Fsp3) is 0.722. The quantitative estimate of drug-likeness (QED) is 0.865. The average molecular weight is 370 g/mol. The minimum absolute atomic E-state index is 0.201. The first-order valence-electron chi connectivity index (χ1n) is 9.08. The predicted molar refractivity (Wildman–Crippen MR) is 101 cm³/mol. The fourth-order valence-corrected chi connectivity index (χ4v) is 4.88. The summed E-state index contributed by atoms with van der Waals surface area (Å²) in [5.74, 6) is 0.824. The molecular formula is C18H28ClN3OS. The molecule has 1 saturated carbocycles. The molecule has 4 nitrogen and oxygen atoms in total. The van der Waals surface area contributed by atoms with Gasteiger partial charge in [-0.1, -0.05) is 31.4 Å². The molecule has 2 fully saturated rings. The van der Waals surface area contributed by atoms with E-state index in [0.29, 0.717) is 18.5 Å². The molecule has 3 rings (SSSR count). The van der Waals surface area contributed by atoms with Gasteiger partial charge in [-0.2, -0.15) is 0 Å². The number of carbonyl (C=O) groups excluding carboxylic acids is 1. The van der Waals surface area contributed by atoms with Gasteiger partial charge >= 0.3 is 0 Å². The van der Waals surface area contributed by atoms with Gasteiger partial charge in [0.05, 0.1) is 10.9 Å². The normalized spacial score (nSPS) is 26.4. The highest BCUT2D eigenvalue weighted by Crippen LogP contribution is 2.24. The molecule has 1 amide bonds. The summed E-state index contributed by atoms with van der Waals surface area (Å²) in [4.78, 5) is 18.4.